The van der Waals surface area contributed by atoms with E-state index in [9.17, 15) is 4.57 Å². The number of phosphoric ester groups is 1. The zero-order valence-corrected chi connectivity index (χ0v) is 16.2. The quantitative estimate of drug-likeness (QED) is 0.411. The first kappa shape index (κ1) is 19.2. The summed E-state index contributed by atoms with van der Waals surface area (Å²) < 4.78 is 30.9. The highest BCUT2D eigenvalue weighted by atomic mass is 31.2. The van der Waals surface area contributed by atoms with Crippen LogP contribution in [0.5, 0.6) is 11.5 Å². The first-order chi connectivity index (χ1) is 13.1. The SMILES string of the molecule is C[C](C)C(OP(=O)(Oc1ccccc1)Oc1ccccc1)c1ccccc1. The number of benzene rings is 3. The zero-order valence-electron chi connectivity index (χ0n) is 15.3. The first-order valence-electron chi connectivity index (χ1n) is 8.68. The van der Waals surface area contributed by atoms with Gasteiger partial charge >= 0.3 is 7.82 Å². The van der Waals surface area contributed by atoms with E-state index in [0.717, 1.165) is 11.5 Å². The molecule has 27 heavy (non-hydrogen) atoms. The molecule has 0 fully saturated rings. The van der Waals surface area contributed by atoms with E-state index in [1.165, 1.54) is 0 Å². The van der Waals surface area contributed by atoms with Crippen molar-refractivity contribution in [2.75, 3.05) is 0 Å². The van der Waals surface area contributed by atoms with Crippen LogP contribution in [0.2, 0.25) is 0 Å². The van der Waals surface area contributed by atoms with Crippen LogP contribution >= 0.6 is 7.82 Å². The van der Waals surface area contributed by atoms with Gasteiger partial charge in [-0.25, -0.2) is 4.57 Å². The normalized spacial score (nSPS) is 12.6. The standard InChI is InChI=1S/C22H22O4P/c1-18(2)22(19-12-6-3-7-13-19)26-27(23,24-20-14-8-4-9-15-20)25-21-16-10-5-11-17-21/h3-17,22H,1-2H3. The minimum atomic E-state index is -3.96. The van der Waals surface area contributed by atoms with Crippen molar-refractivity contribution < 1.29 is 18.1 Å². The lowest BCUT2D eigenvalue weighted by Crippen LogP contribution is -2.13. The Hall–Kier alpha value is -2.55. The predicted molar refractivity (Wildman–Crippen MR) is 107 cm³/mol. The van der Waals surface area contributed by atoms with E-state index in [4.69, 9.17) is 13.6 Å². The Kier molecular flexibility index (Phi) is 6.33. The van der Waals surface area contributed by atoms with Gasteiger partial charge in [-0.3, -0.25) is 4.52 Å². The second kappa shape index (κ2) is 8.90. The molecule has 0 aliphatic heterocycles. The summed E-state index contributed by atoms with van der Waals surface area (Å²) in [6.45, 7) is 3.85. The Morgan fingerprint density at radius 2 is 1.11 bits per heavy atom. The number of para-hydroxylation sites is 2. The van der Waals surface area contributed by atoms with Crippen LogP contribution in [0.1, 0.15) is 25.5 Å². The number of hydrogen-bond acceptors (Lipinski definition) is 4. The van der Waals surface area contributed by atoms with Gasteiger partial charge in [-0.1, -0.05) is 80.6 Å². The maximum Gasteiger partial charge on any atom is 0.588 e. The molecular formula is C22H22O4P. The second-order valence-corrected chi connectivity index (χ2v) is 7.70. The minimum Gasteiger partial charge on any atom is -0.395 e. The molecule has 139 valence electrons. The molecule has 1 atom stereocenters. The summed E-state index contributed by atoms with van der Waals surface area (Å²) in [5.41, 5.74) is 0.881. The highest BCUT2D eigenvalue weighted by Crippen LogP contribution is 2.54. The molecule has 0 amide bonds. The van der Waals surface area contributed by atoms with Crippen molar-refractivity contribution in [3.05, 3.63) is 102 Å². The average Bonchev–Trinajstić information content (AvgIpc) is 2.68. The Balaban J connectivity index is 1.91. The van der Waals surface area contributed by atoms with Gasteiger partial charge in [0.15, 0.2) is 0 Å². The largest absolute Gasteiger partial charge is 0.588 e. The van der Waals surface area contributed by atoms with Gasteiger partial charge in [0, 0.05) is 5.92 Å². The topological polar surface area (TPSA) is 44.8 Å². The van der Waals surface area contributed by atoms with Gasteiger partial charge in [-0.05, 0) is 29.8 Å². The minimum absolute atomic E-state index is 0.414. The molecule has 3 aromatic carbocycles. The smallest absolute Gasteiger partial charge is 0.395 e. The molecule has 0 bridgehead atoms. The lowest BCUT2D eigenvalue weighted by atomic mass is 9.99. The van der Waals surface area contributed by atoms with Crippen molar-refractivity contribution in [3.63, 3.8) is 0 Å². The summed E-state index contributed by atoms with van der Waals surface area (Å²) in [5.74, 6) is 1.77. The van der Waals surface area contributed by atoms with Gasteiger partial charge in [-0.15, -0.1) is 0 Å². The lowest BCUT2D eigenvalue weighted by molar-refractivity contribution is 0.152. The summed E-state index contributed by atoms with van der Waals surface area (Å²) in [5, 5.41) is 0. The second-order valence-electron chi connectivity index (χ2n) is 6.23. The molecule has 1 unspecified atom stereocenters. The molecule has 0 saturated heterocycles. The van der Waals surface area contributed by atoms with E-state index in [1.54, 1.807) is 48.5 Å². The fourth-order valence-electron chi connectivity index (χ4n) is 2.54. The summed E-state index contributed by atoms with van der Waals surface area (Å²) in [7, 11) is -3.96. The van der Waals surface area contributed by atoms with Crippen LogP contribution in [0, 0.1) is 5.92 Å². The fraction of sp³-hybridized carbons (Fsp3) is 0.136. The Bertz CT molecular complexity index is 821. The van der Waals surface area contributed by atoms with E-state index in [-0.39, 0.29) is 0 Å². The monoisotopic (exact) mass is 381 g/mol. The van der Waals surface area contributed by atoms with Crippen molar-refractivity contribution in [1.82, 2.24) is 0 Å². The van der Waals surface area contributed by atoms with Gasteiger partial charge < -0.3 is 9.05 Å². The van der Waals surface area contributed by atoms with Crippen molar-refractivity contribution in [1.29, 1.82) is 0 Å². The third kappa shape index (κ3) is 5.46. The molecule has 0 heterocycles. The van der Waals surface area contributed by atoms with Gasteiger partial charge in [0.25, 0.3) is 0 Å². The maximum absolute atomic E-state index is 13.6. The van der Waals surface area contributed by atoms with Gasteiger partial charge in [-0.2, -0.15) is 0 Å². The van der Waals surface area contributed by atoms with Crippen molar-refractivity contribution in [3.8, 4) is 11.5 Å². The van der Waals surface area contributed by atoms with Crippen LogP contribution in [0.15, 0.2) is 91.0 Å². The zero-order chi connectivity index (χ0) is 19.1. The number of hydrogen-bond donors (Lipinski definition) is 0. The molecule has 0 aliphatic carbocycles. The van der Waals surface area contributed by atoms with E-state index < -0.39 is 13.9 Å². The molecule has 0 spiro atoms. The van der Waals surface area contributed by atoms with Gasteiger partial charge in [0.05, 0.1) is 0 Å². The first-order valence-corrected chi connectivity index (χ1v) is 10.1. The van der Waals surface area contributed by atoms with Crippen LogP contribution in [0.3, 0.4) is 0 Å². The van der Waals surface area contributed by atoms with E-state index >= 15 is 0 Å². The maximum atomic E-state index is 13.6. The molecule has 0 aliphatic rings. The highest BCUT2D eigenvalue weighted by Gasteiger charge is 2.36. The molecule has 5 heteroatoms. The van der Waals surface area contributed by atoms with E-state index in [2.05, 4.69) is 0 Å². The van der Waals surface area contributed by atoms with Crippen molar-refractivity contribution in [2.45, 2.75) is 20.0 Å². The number of phosphoric acid groups is 1. The van der Waals surface area contributed by atoms with Crippen LogP contribution < -0.4 is 9.05 Å². The van der Waals surface area contributed by atoms with Gasteiger partial charge in [0.2, 0.25) is 0 Å². The summed E-state index contributed by atoms with van der Waals surface area (Å²) in [6, 6.07) is 27.4. The summed E-state index contributed by atoms with van der Waals surface area (Å²) in [6.07, 6.45) is -0.524. The van der Waals surface area contributed by atoms with E-state index in [1.807, 2.05) is 56.3 Å². The molecule has 0 aromatic heterocycles. The van der Waals surface area contributed by atoms with Gasteiger partial charge in [0.1, 0.15) is 17.6 Å². The molecular weight excluding hydrogens is 359 g/mol. The Morgan fingerprint density at radius 1 is 0.704 bits per heavy atom. The van der Waals surface area contributed by atoms with E-state index in [0.29, 0.717) is 11.5 Å². The average molecular weight is 381 g/mol. The Morgan fingerprint density at radius 3 is 1.52 bits per heavy atom. The fourth-order valence-corrected chi connectivity index (χ4v) is 4.01. The molecule has 4 nitrogen and oxygen atoms in total. The van der Waals surface area contributed by atoms with Crippen molar-refractivity contribution >= 4 is 7.82 Å². The summed E-state index contributed by atoms with van der Waals surface area (Å²) >= 11 is 0. The molecule has 3 aromatic rings. The number of rotatable bonds is 8. The van der Waals surface area contributed by atoms with Crippen LogP contribution in [0.25, 0.3) is 0 Å². The Labute approximate surface area is 160 Å². The van der Waals surface area contributed by atoms with Crippen molar-refractivity contribution in [2.24, 2.45) is 0 Å². The molecule has 0 N–H and O–H groups in total. The molecule has 3 rings (SSSR count). The predicted octanol–water partition coefficient (Wildman–Crippen LogP) is 6.62. The third-order valence-corrected chi connectivity index (χ3v) is 5.12. The highest BCUT2D eigenvalue weighted by molar-refractivity contribution is 7.49. The molecule has 1 radical (unpaired) electrons. The van der Waals surface area contributed by atoms with Crippen LogP contribution in [-0.2, 0) is 9.09 Å². The van der Waals surface area contributed by atoms with Crippen LogP contribution in [-0.4, -0.2) is 0 Å². The lowest BCUT2D eigenvalue weighted by Gasteiger charge is -2.26. The molecule has 0 saturated carbocycles. The third-order valence-electron chi connectivity index (χ3n) is 3.78. The van der Waals surface area contributed by atoms with Crippen LogP contribution in [0.4, 0.5) is 0 Å². The summed E-state index contributed by atoms with van der Waals surface area (Å²) in [4.78, 5) is 0.